The molecule has 0 spiro atoms. The van der Waals surface area contributed by atoms with Gasteiger partial charge in [0.05, 0.1) is 27.2 Å². The molecule has 2 heterocycles. The summed E-state index contributed by atoms with van der Waals surface area (Å²) in [6.07, 6.45) is 0.693. The van der Waals surface area contributed by atoms with Gasteiger partial charge in [0.1, 0.15) is 5.75 Å². The Kier molecular flexibility index (Phi) is 6.52. The number of hydrogen-bond acceptors (Lipinski definition) is 7. The molecule has 1 aromatic carbocycles. The van der Waals surface area contributed by atoms with Gasteiger partial charge in [0.15, 0.2) is 5.76 Å². The van der Waals surface area contributed by atoms with Crippen LogP contribution in [0.25, 0.3) is 0 Å². The zero-order chi connectivity index (χ0) is 23.0. The number of aromatic hydroxyl groups is 1. The van der Waals surface area contributed by atoms with Gasteiger partial charge in [-0.2, -0.15) is 0 Å². The summed E-state index contributed by atoms with van der Waals surface area (Å²) in [7, 11) is 3.91. The molecular formula is C23H29N3O4S. The van der Waals surface area contributed by atoms with E-state index in [2.05, 4.69) is 4.98 Å². The van der Waals surface area contributed by atoms with E-state index in [0.29, 0.717) is 40.2 Å². The number of phenolic OH excluding ortho intramolecular Hbond substituents is 1. The van der Waals surface area contributed by atoms with Gasteiger partial charge in [-0.3, -0.25) is 9.59 Å². The van der Waals surface area contributed by atoms with Gasteiger partial charge in [-0.15, -0.1) is 11.3 Å². The number of amides is 1. The number of benzene rings is 1. The molecule has 1 atom stereocenters. The number of carbonyl (C=O) groups is 2. The van der Waals surface area contributed by atoms with Crippen LogP contribution in [0.1, 0.15) is 49.5 Å². The van der Waals surface area contributed by atoms with Crippen molar-refractivity contribution < 1.29 is 19.8 Å². The van der Waals surface area contributed by atoms with Crippen molar-refractivity contribution >= 4 is 23.0 Å². The van der Waals surface area contributed by atoms with Gasteiger partial charge in [-0.05, 0) is 83.6 Å². The predicted molar refractivity (Wildman–Crippen MR) is 121 cm³/mol. The number of ketones is 1. The topological polar surface area (TPSA) is 94.0 Å². The van der Waals surface area contributed by atoms with Gasteiger partial charge in [-0.25, -0.2) is 4.98 Å². The molecule has 1 aliphatic rings. The number of nitrogens with zero attached hydrogens (tertiary/aromatic N) is 3. The summed E-state index contributed by atoms with van der Waals surface area (Å²) in [6, 6.07) is 2.83. The minimum absolute atomic E-state index is 0.0751. The highest BCUT2D eigenvalue weighted by atomic mass is 32.1. The summed E-state index contributed by atoms with van der Waals surface area (Å²) >= 11 is 1.26. The van der Waals surface area contributed by atoms with Crippen LogP contribution < -0.4 is 0 Å². The van der Waals surface area contributed by atoms with Crippen molar-refractivity contribution in [2.45, 2.75) is 40.2 Å². The molecule has 0 saturated heterocycles. The van der Waals surface area contributed by atoms with Gasteiger partial charge in [0.25, 0.3) is 5.91 Å². The lowest BCUT2D eigenvalue weighted by Gasteiger charge is -2.28. The van der Waals surface area contributed by atoms with Crippen LogP contribution in [0.15, 0.2) is 23.5 Å². The normalized spacial score (nSPS) is 16.7. The van der Waals surface area contributed by atoms with E-state index in [9.17, 15) is 19.8 Å². The minimum Gasteiger partial charge on any atom is -0.507 e. The number of aliphatic hydroxyl groups excluding tert-OH is 1. The van der Waals surface area contributed by atoms with E-state index >= 15 is 0 Å². The summed E-state index contributed by atoms with van der Waals surface area (Å²) in [5.41, 5.74) is 2.66. The molecule has 1 unspecified atom stereocenters. The van der Waals surface area contributed by atoms with Crippen molar-refractivity contribution in [1.29, 1.82) is 0 Å². The average molecular weight is 444 g/mol. The second-order valence-corrected chi connectivity index (χ2v) is 9.50. The Morgan fingerprint density at radius 1 is 1.16 bits per heavy atom. The molecule has 3 rings (SSSR count). The van der Waals surface area contributed by atoms with Crippen LogP contribution in [0, 0.1) is 27.7 Å². The van der Waals surface area contributed by atoms with Crippen LogP contribution in [0.2, 0.25) is 0 Å². The van der Waals surface area contributed by atoms with Crippen molar-refractivity contribution in [3.8, 4) is 5.75 Å². The molecule has 1 aliphatic heterocycles. The molecule has 2 N–H and O–H groups in total. The number of thiazole rings is 1. The van der Waals surface area contributed by atoms with Crippen LogP contribution in [-0.2, 0) is 4.79 Å². The molecule has 0 radical (unpaired) electrons. The van der Waals surface area contributed by atoms with Crippen LogP contribution in [-0.4, -0.2) is 63.9 Å². The third-order valence-electron chi connectivity index (χ3n) is 5.49. The van der Waals surface area contributed by atoms with Crippen LogP contribution in [0.4, 0.5) is 0 Å². The number of Topliss-reactive ketones (excluding diaryl/α,β-unsaturated/α-hetero) is 1. The van der Waals surface area contributed by atoms with Gasteiger partial charge < -0.3 is 20.0 Å². The zero-order valence-corrected chi connectivity index (χ0v) is 19.6. The van der Waals surface area contributed by atoms with Crippen LogP contribution >= 0.6 is 11.3 Å². The first-order valence-corrected chi connectivity index (χ1v) is 11.0. The smallest absolute Gasteiger partial charge is 0.290 e. The summed E-state index contributed by atoms with van der Waals surface area (Å²) in [5.74, 6) is -1.25. The monoisotopic (exact) mass is 443 g/mol. The van der Waals surface area contributed by atoms with Crippen molar-refractivity contribution in [1.82, 2.24) is 14.8 Å². The lowest BCUT2D eigenvalue weighted by molar-refractivity contribution is -0.129. The summed E-state index contributed by atoms with van der Waals surface area (Å²) in [6.45, 7) is 8.29. The number of aliphatic hydroxyl groups is 1. The number of aryl methyl sites for hydroxylation is 4. The van der Waals surface area contributed by atoms with E-state index in [4.69, 9.17) is 0 Å². The quantitative estimate of drug-likeness (QED) is 0.635. The number of aromatic nitrogens is 1. The molecule has 2 aromatic rings. The largest absolute Gasteiger partial charge is 0.507 e. The SMILES string of the molecule is Cc1nc(C)c(C(=O)C2=C(O)C(=O)N(CCCN(C)C)C2c2cc(C)c(O)c(C)c2)s1. The second kappa shape index (κ2) is 8.80. The highest BCUT2D eigenvalue weighted by Gasteiger charge is 2.44. The highest BCUT2D eigenvalue weighted by Crippen LogP contribution is 2.41. The molecule has 8 heteroatoms. The molecule has 31 heavy (non-hydrogen) atoms. The Bertz CT molecular complexity index is 1050. The molecule has 0 fully saturated rings. The summed E-state index contributed by atoms with van der Waals surface area (Å²) in [4.78, 5) is 34.9. The zero-order valence-electron chi connectivity index (χ0n) is 18.8. The first-order chi connectivity index (χ1) is 14.5. The fourth-order valence-electron chi connectivity index (χ4n) is 4.03. The Balaban J connectivity index is 2.11. The fraction of sp³-hybridized carbons (Fsp3) is 0.435. The minimum atomic E-state index is -0.720. The maximum atomic E-state index is 13.5. The Morgan fingerprint density at radius 2 is 1.77 bits per heavy atom. The number of rotatable bonds is 7. The molecule has 1 amide bonds. The van der Waals surface area contributed by atoms with Crippen LogP contribution in [0.3, 0.4) is 0 Å². The molecule has 166 valence electrons. The molecule has 0 aliphatic carbocycles. The lowest BCUT2D eigenvalue weighted by atomic mass is 9.92. The van der Waals surface area contributed by atoms with E-state index in [1.54, 1.807) is 37.8 Å². The van der Waals surface area contributed by atoms with Crippen molar-refractivity contribution in [2.75, 3.05) is 27.2 Å². The summed E-state index contributed by atoms with van der Waals surface area (Å²) in [5, 5.41) is 21.8. The summed E-state index contributed by atoms with van der Waals surface area (Å²) < 4.78 is 0. The Labute approximate surface area is 186 Å². The van der Waals surface area contributed by atoms with E-state index < -0.39 is 17.7 Å². The van der Waals surface area contributed by atoms with E-state index in [0.717, 1.165) is 11.6 Å². The number of carbonyl (C=O) groups excluding carboxylic acids is 2. The Morgan fingerprint density at radius 3 is 2.29 bits per heavy atom. The third kappa shape index (κ3) is 4.36. The lowest BCUT2D eigenvalue weighted by Crippen LogP contribution is -2.33. The first kappa shape index (κ1) is 23.0. The van der Waals surface area contributed by atoms with Crippen molar-refractivity contribution in [3.63, 3.8) is 0 Å². The van der Waals surface area contributed by atoms with Crippen molar-refractivity contribution in [2.24, 2.45) is 0 Å². The molecule has 7 nitrogen and oxygen atoms in total. The fourth-order valence-corrected chi connectivity index (χ4v) is 4.91. The average Bonchev–Trinajstić information content (AvgIpc) is 3.15. The van der Waals surface area contributed by atoms with Gasteiger partial charge in [0, 0.05) is 6.54 Å². The molecular weight excluding hydrogens is 414 g/mol. The predicted octanol–water partition coefficient (Wildman–Crippen LogP) is 3.61. The van der Waals surface area contributed by atoms with E-state index in [1.807, 2.05) is 25.9 Å². The van der Waals surface area contributed by atoms with Gasteiger partial charge in [0.2, 0.25) is 5.78 Å². The third-order valence-corrected chi connectivity index (χ3v) is 6.56. The molecule has 0 bridgehead atoms. The van der Waals surface area contributed by atoms with Crippen molar-refractivity contribution in [3.05, 3.63) is 55.7 Å². The highest BCUT2D eigenvalue weighted by molar-refractivity contribution is 7.14. The van der Waals surface area contributed by atoms with Gasteiger partial charge in [-0.1, -0.05) is 0 Å². The van der Waals surface area contributed by atoms with Gasteiger partial charge >= 0.3 is 0 Å². The maximum Gasteiger partial charge on any atom is 0.290 e. The van der Waals surface area contributed by atoms with Crippen LogP contribution in [0.5, 0.6) is 5.75 Å². The number of hydrogen-bond donors (Lipinski definition) is 2. The molecule has 0 saturated carbocycles. The standard InChI is InChI=1S/C23H29N3O4S/c1-12-10-16(11-13(2)19(12)27)18-17(20(28)22-14(3)24-15(4)31-22)21(29)23(30)26(18)9-7-8-25(5)6/h10-11,18,27,29H,7-9H2,1-6H3. The van der Waals surface area contributed by atoms with E-state index in [1.165, 1.54) is 11.3 Å². The van der Waals surface area contributed by atoms with E-state index in [-0.39, 0.29) is 17.1 Å². The maximum absolute atomic E-state index is 13.5. The first-order valence-electron chi connectivity index (χ1n) is 10.2. The second-order valence-electron chi connectivity index (χ2n) is 8.30. The number of phenols is 1. The Hall–Kier alpha value is -2.71. The molecule has 1 aromatic heterocycles.